The smallest absolute Gasteiger partial charge is 0.337 e. The monoisotopic (exact) mass is 2240 g/mol. The maximum atomic E-state index is 13.8. The quantitative estimate of drug-likeness (QED) is 0.0204. The van der Waals surface area contributed by atoms with Gasteiger partial charge in [-0.3, -0.25) is 42.9 Å². The van der Waals surface area contributed by atoms with E-state index in [1.807, 2.05) is 314 Å². The molecule has 0 spiro atoms. The summed E-state index contributed by atoms with van der Waals surface area (Å²) in [4.78, 5) is 95.4. The molecule has 0 saturated heterocycles. The van der Waals surface area contributed by atoms with E-state index < -0.39 is 25.7 Å². The van der Waals surface area contributed by atoms with Crippen LogP contribution in [0.5, 0.6) is 0 Å². The minimum atomic E-state index is -2.53. The topological polar surface area (TPSA) is 289 Å². The zero-order chi connectivity index (χ0) is 107. The summed E-state index contributed by atoms with van der Waals surface area (Å²) in [7, 11) is 0. The number of rotatable bonds is 18. The van der Waals surface area contributed by atoms with Crippen LogP contribution in [0.2, 0.25) is 0 Å². The number of carboxylic acid groups (broad SMARTS) is 2. The van der Waals surface area contributed by atoms with Gasteiger partial charge in [0.1, 0.15) is 11.2 Å². The number of hydrogen-bond acceptors (Lipinski definition) is 13. The minimum absolute atomic E-state index is 0. The number of carbonyl (C=O) groups excluding carboxylic acids is 4. The molecule has 3 aliphatic carbocycles. The largest absolute Gasteiger partial charge is 0.481 e. The molecule has 13 aromatic rings. The number of hydrogen-bond donors (Lipinski definition) is 4. The first-order valence-corrected chi connectivity index (χ1v) is 54.6. The van der Waals surface area contributed by atoms with Gasteiger partial charge >= 0.3 is 11.9 Å². The molecular weight excluding hydrogens is 2080 g/mol. The summed E-state index contributed by atoms with van der Waals surface area (Å²) < 4.78 is 3.74. The normalized spacial score (nSPS) is 14.8. The van der Waals surface area contributed by atoms with Crippen LogP contribution >= 0.6 is 13.8 Å². The van der Waals surface area contributed by atoms with Gasteiger partial charge in [0.2, 0.25) is 16.6 Å². The van der Waals surface area contributed by atoms with Crippen molar-refractivity contribution in [3.8, 4) is 0 Å². The number of nitrogens with two attached hydrogens (primary N) is 2. The fraction of sp³-hybridized carbons (Fsp3) is 0.317. The zero-order valence-corrected chi connectivity index (χ0v) is 100. The van der Waals surface area contributed by atoms with Gasteiger partial charge < -0.3 is 21.7 Å². The molecule has 17 rings (SSSR count). The summed E-state index contributed by atoms with van der Waals surface area (Å²) in [6.07, 6.45) is 17.8. The average molecular weight is 2240 g/mol. The molecule has 4 aliphatic rings. The second kappa shape index (κ2) is 79.8. The third-order valence-electron chi connectivity index (χ3n) is 23.4. The van der Waals surface area contributed by atoms with E-state index in [-0.39, 0.29) is 144 Å². The Morgan fingerprint density at radius 2 is 0.705 bits per heavy atom. The first kappa shape index (κ1) is 138. The average Bonchev–Trinajstić information content (AvgIpc) is 0.731. The van der Waals surface area contributed by atoms with Crippen molar-refractivity contribution < 1.29 is 137 Å². The Morgan fingerprint density at radius 1 is 0.390 bits per heavy atom. The van der Waals surface area contributed by atoms with E-state index >= 15 is 0 Å². The molecule has 1 aliphatic heterocycles. The molecule has 6 N–H and O–H groups in total. The van der Waals surface area contributed by atoms with E-state index in [0.717, 1.165) is 113 Å². The van der Waals surface area contributed by atoms with E-state index in [1.54, 1.807) is 43.3 Å². The van der Waals surface area contributed by atoms with Gasteiger partial charge in [-0.1, -0.05) is 399 Å². The van der Waals surface area contributed by atoms with Crippen LogP contribution in [0.1, 0.15) is 239 Å². The van der Waals surface area contributed by atoms with Crippen LogP contribution in [0.4, 0.5) is 17.1 Å². The number of aromatic carboxylic acids is 1. The van der Waals surface area contributed by atoms with Crippen molar-refractivity contribution in [3.05, 3.63) is 392 Å². The van der Waals surface area contributed by atoms with Gasteiger partial charge in [0.15, 0.2) is 11.6 Å². The van der Waals surface area contributed by atoms with E-state index in [0.29, 0.717) is 80.9 Å². The SMILES string of the molecule is C=C.C=C.C=CC(=O)C1CCCC(Cn2ncc(=O)c3ccccc32)C1.CC.CC.CC.CC.CC.CC.CC.CC.CCC1CCCC(C(C)=O)C1.Nc1ccccc1C(=O)C=P(c1ccccc1)(c1ccccc1)c1ccccc1.Nc1ccccc1C(=O)O.O=C(O)C1CCCC(Cn2ncc(=O)c3ccccc32)C1.O=C1C(=P(c2ccccc2)(c2ccccc2)c2ccccc2)N=Nc2ccccc21.[Y].[Y].[Y]. The number of anilines is 2. The predicted octanol–water partition coefficient (Wildman–Crippen LogP) is 28.1. The first-order chi connectivity index (χ1) is 69.8. The Hall–Kier alpha value is -10.3. The Labute approximate surface area is 948 Å². The van der Waals surface area contributed by atoms with Crippen LogP contribution in [0.15, 0.2) is 375 Å². The molecule has 6 unspecified atom stereocenters. The first-order valence-electron chi connectivity index (χ1n) is 51.0. The summed E-state index contributed by atoms with van der Waals surface area (Å²) in [5, 5.41) is 43.3. The van der Waals surface area contributed by atoms with Crippen LogP contribution < -0.4 is 54.2 Å². The number of para-hydroxylation sites is 4. The predicted molar refractivity (Wildman–Crippen MR) is 615 cm³/mol. The number of allylic oxidation sites excluding steroid dienone is 1. The molecule has 3 radical (unpaired) electrons. The Balaban J connectivity index is 0. The number of nitrogen functional groups attached to an aromatic ring is 2. The molecular formula is C123H160N8O10P2Y3. The number of benzene rings is 11. The third kappa shape index (κ3) is 40.6. The van der Waals surface area contributed by atoms with E-state index in [4.69, 9.17) is 21.7 Å². The van der Waals surface area contributed by atoms with Crippen molar-refractivity contribution in [2.24, 2.45) is 45.7 Å². The summed E-state index contributed by atoms with van der Waals surface area (Å²) in [5.41, 5.74) is 16.3. The number of aliphatic carboxylic acids is 1. The number of azo groups is 1. The zero-order valence-electron chi connectivity index (χ0n) is 89.9. The molecule has 3 saturated carbocycles. The van der Waals surface area contributed by atoms with Crippen molar-refractivity contribution in [1.29, 1.82) is 0 Å². The maximum absolute atomic E-state index is 13.8. The maximum Gasteiger partial charge on any atom is 0.337 e. The summed E-state index contributed by atoms with van der Waals surface area (Å²) in [6, 6.07) is 97.7. The molecule has 18 nitrogen and oxygen atoms in total. The molecule has 11 aromatic carbocycles. The number of nitrogens with zero attached hydrogens (tertiary/aromatic N) is 6. The van der Waals surface area contributed by atoms with E-state index in [9.17, 15) is 38.4 Å². The molecule has 6 atom stereocenters. The van der Waals surface area contributed by atoms with Gasteiger partial charge in [-0.25, -0.2) is 4.79 Å². The van der Waals surface area contributed by atoms with Crippen LogP contribution in [0.3, 0.4) is 0 Å². The van der Waals surface area contributed by atoms with Gasteiger partial charge in [0.05, 0.1) is 46.2 Å². The fourth-order valence-electron chi connectivity index (χ4n) is 17.0. The molecule has 0 amide bonds. The van der Waals surface area contributed by atoms with Gasteiger partial charge in [0.25, 0.3) is 0 Å². The van der Waals surface area contributed by atoms with Crippen molar-refractivity contribution in [2.45, 2.75) is 221 Å². The van der Waals surface area contributed by atoms with Crippen molar-refractivity contribution in [3.63, 3.8) is 0 Å². The molecule has 771 valence electrons. The summed E-state index contributed by atoms with van der Waals surface area (Å²) >= 11 is 0. The van der Waals surface area contributed by atoms with Gasteiger partial charge in [-0.15, -0.1) is 36.5 Å². The summed E-state index contributed by atoms with van der Waals surface area (Å²) in [5.74, 6) is 2.50. The van der Waals surface area contributed by atoms with Gasteiger partial charge in [-0.2, -0.15) is 10.2 Å². The van der Waals surface area contributed by atoms with Crippen LogP contribution in [0, 0.1) is 35.5 Å². The number of Topliss-reactive ketones (excluding diaryl/α,β-unsaturated/α-hetero) is 3. The standard InChI is InChI=1S/C26H19N2OP.C26H22NOP.C18H20N2O2.C16H18N2O3.C10H18O.C7H7NO2.8C2H6.2C2H4.3Y/c29-25-23-18-10-11-19-24(23)27-28-26(25)30(20-12-4-1-5-13-20,21-14-6-2-7-15-21)22-16-8-3-9-17-22;27-25-19-11-10-18-24(25)26(28)20-29(21-12-4-1-5-13-21,22-14-6-2-7-15-22)23-16-8-3-9-17-23;1-2-17(21)14-7-5-6-13(10-14)12-20-16-9-4-3-8-15(16)18(22)11-19-20;19-15-9-17-18(14-7-2-1-6-13(14)15)10-11-4-3-5-12(8-11)16(20)21;1-3-9-5-4-6-10(7-9)8(2)11;8-6-4-2-1-3-5(6)7(9)10;10*1-2;;;/h1-19H;1-20H,27H2;2-4,8-9,11,13-14H,1,5-7,10,12H2;1-2,6-7,9,11-12H,3-5,8,10H2,(H,20,21);9-10H,3-7H2,1-2H3;1-4H,8H2,(H,9,10);8*1-2H3;2*1-2H2;;;. The molecule has 146 heavy (non-hydrogen) atoms. The minimum Gasteiger partial charge on any atom is -0.481 e. The third-order valence-corrected chi connectivity index (χ3v) is 31.5. The number of ketones is 4. The Kier molecular flexibility index (Phi) is 75.2. The van der Waals surface area contributed by atoms with Gasteiger partial charge in [-0.05, 0) is 187 Å². The number of carbonyl (C=O) groups is 6. The molecule has 0 bridgehead atoms. The second-order valence-electron chi connectivity index (χ2n) is 31.3. The fourth-order valence-corrected chi connectivity index (χ4v) is 24.9. The van der Waals surface area contributed by atoms with Crippen LogP contribution in [0.25, 0.3) is 21.8 Å². The van der Waals surface area contributed by atoms with Crippen molar-refractivity contribution in [1.82, 2.24) is 19.6 Å². The Morgan fingerprint density at radius 3 is 1.06 bits per heavy atom. The molecule has 3 fully saturated rings. The van der Waals surface area contributed by atoms with Crippen molar-refractivity contribution >= 4 is 131 Å². The molecule has 2 aromatic heterocycles. The molecule has 23 heteroatoms. The number of fused-ring (bicyclic) bond motifs is 3. The second-order valence-corrected chi connectivity index (χ2v) is 37.9. The number of aromatic nitrogens is 4. The number of carboxylic acids is 2. The van der Waals surface area contributed by atoms with Crippen LogP contribution in [-0.2, 0) is 126 Å². The van der Waals surface area contributed by atoms with Crippen molar-refractivity contribution in [2.75, 3.05) is 11.5 Å². The Bertz CT molecular complexity index is 5980. The molecule has 3 heterocycles. The van der Waals surface area contributed by atoms with Gasteiger partial charge in [0, 0.05) is 158 Å². The van der Waals surface area contributed by atoms with E-state index in [1.165, 1.54) is 43.8 Å². The van der Waals surface area contributed by atoms with Crippen LogP contribution in [-0.4, -0.2) is 76.1 Å². The van der Waals surface area contributed by atoms with E-state index in [2.05, 4.69) is 133 Å². The summed E-state index contributed by atoms with van der Waals surface area (Å²) in [6.45, 7) is 48.1.